The summed E-state index contributed by atoms with van der Waals surface area (Å²) in [5.41, 5.74) is 1.61. The maximum Gasteiger partial charge on any atom is 0.306 e. The van der Waals surface area contributed by atoms with Gasteiger partial charge in [-0.2, -0.15) is 5.26 Å². The fourth-order valence-corrected chi connectivity index (χ4v) is 5.29. The zero-order chi connectivity index (χ0) is 23.2. The minimum Gasteiger partial charge on any atom is -0.456 e. The summed E-state index contributed by atoms with van der Waals surface area (Å²) in [4.78, 5) is 48.2. The van der Waals surface area contributed by atoms with Crippen molar-refractivity contribution in [2.45, 2.75) is 44.9 Å². The van der Waals surface area contributed by atoms with Gasteiger partial charge in [0.15, 0.2) is 6.61 Å². The van der Waals surface area contributed by atoms with Crippen molar-refractivity contribution >= 4 is 39.1 Å². The van der Waals surface area contributed by atoms with Gasteiger partial charge in [0.25, 0.3) is 11.5 Å². The summed E-state index contributed by atoms with van der Waals surface area (Å²) in [5.74, 6) is -0.513. The number of aryl methyl sites for hydroxylation is 3. The Kier molecular flexibility index (Phi) is 7.15. The van der Waals surface area contributed by atoms with E-state index in [1.807, 2.05) is 12.1 Å². The molecule has 0 saturated heterocycles. The van der Waals surface area contributed by atoms with Crippen LogP contribution in [0.1, 0.15) is 41.9 Å². The number of carbonyl (C=O) groups excluding carboxylic acids is 2. The van der Waals surface area contributed by atoms with E-state index in [0.717, 1.165) is 36.1 Å². The van der Waals surface area contributed by atoms with Crippen LogP contribution in [0.25, 0.3) is 10.2 Å². The highest BCUT2D eigenvalue weighted by atomic mass is 32.1. The number of carbonyl (C=O) groups is 2. The van der Waals surface area contributed by atoms with Crippen LogP contribution in [0, 0.1) is 11.3 Å². The average molecular weight is 465 g/mol. The fourth-order valence-electron chi connectivity index (χ4n) is 4.01. The zero-order valence-corrected chi connectivity index (χ0v) is 19.0. The highest BCUT2D eigenvalue weighted by Gasteiger charge is 2.21. The Balaban J connectivity index is 1.35. The minimum atomic E-state index is -0.551. The summed E-state index contributed by atoms with van der Waals surface area (Å²) in [5, 5.41) is 9.55. The average Bonchev–Trinajstić information content (AvgIpc) is 3.21. The van der Waals surface area contributed by atoms with Gasteiger partial charge in [0.2, 0.25) is 0 Å². The van der Waals surface area contributed by atoms with Gasteiger partial charge in [0.1, 0.15) is 10.7 Å². The second-order valence-electron chi connectivity index (χ2n) is 7.85. The lowest BCUT2D eigenvalue weighted by molar-refractivity contribution is -0.147. The molecule has 2 heterocycles. The topological polar surface area (TPSA) is 116 Å². The summed E-state index contributed by atoms with van der Waals surface area (Å²) in [6, 6.07) is 11.0. The zero-order valence-electron chi connectivity index (χ0n) is 18.1. The highest BCUT2D eigenvalue weighted by molar-refractivity contribution is 7.18. The molecule has 4 rings (SSSR count). The Morgan fingerprint density at radius 1 is 1.21 bits per heavy atom. The van der Waals surface area contributed by atoms with Crippen LogP contribution in [0.15, 0.2) is 35.1 Å². The number of hydrogen-bond donors (Lipinski definition) is 1. The molecule has 0 spiro atoms. The number of nitrogens with one attached hydrogen (secondary N) is 1. The SMILES string of the molecule is N#CCCN(C(=O)COC(=O)CCc1nc2sc3c(c2c(=O)[nH]1)CCCC3)c1ccccc1. The van der Waals surface area contributed by atoms with Crippen LogP contribution in [0.2, 0.25) is 0 Å². The number of benzene rings is 1. The maximum atomic E-state index is 12.6. The molecule has 2 aromatic heterocycles. The monoisotopic (exact) mass is 464 g/mol. The van der Waals surface area contributed by atoms with E-state index in [4.69, 9.17) is 10.00 Å². The van der Waals surface area contributed by atoms with Crippen LogP contribution in [-0.4, -0.2) is 35.0 Å². The first-order chi connectivity index (χ1) is 16.1. The molecule has 0 bridgehead atoms. The van der Waals surface area contributed by atoms with Crippen LogP contribution < -0.4 is 10.5 Å². The molecule has 3 aromatic rings. The van der Waals surface area contributed by atoms with Crippen molar-refractivity contribution in [2.75, 3.05) is 18.1 Å². The fraction of sp³-hybridized carbons (Fsp3) is 0.375. The Morgan fingerprint density at radius 3 is 2.79 bits per heavy atom. The normalized spacial score (nSPS) is 12.7. The van der Waals surface area contributed by atoms with Gasteiger partial charge in [-0.3, -0.25) is 14.4 Å². The highest BCUT2D eigenvalue weighted by Crippen LogP contribution is 2.33. The van der Waals surface area contributed by atoms with Gasteiger partial charge in [-0.05, 0) is 43.4 Å². The molecular weight excluding hydrogens is 440 g/mol. The van der Waals surface area contributed by atoms with E-state index in [1.165, 1.54) is 9.78 Å². The third-order valence-corrected chi connectivity index (χ3v) is 6.80. The van der Waals surface area contributed by atoms with Gasteiger partial charge >= 0.3 is 5.97 Å². The molecule has 1 aromatic carbocycles. The molecule has 0 unspecified atom stereocenters. The number of ether oxygens (including phenoxy) is 1. The second kappa shape index (κ2) is 10.4. The van der Waals surface area contributed by atoms with Crippen molar-refractivity contribution in [3.8, 4) is 6.07 Å². The lowest BCUT2D eigenvalue weighted by Crippen LogP contribution is -2.35. The number of aromatic nitrogens is 2. The largest absolute Gasteiger partial charge is 0.456 e. The molecule has 0 atom stereocenters. The number of fused-ring (bicyclic) bond motifs is 3. The Morgan fingerprint density at radius 2 is 2.00 bits per heavy atom. The smallest absolute Gasteiger partial charge is 0.306 e. The van der Waals surface area contributed by atoms with Crippen molar-refractivity contribution in [3.05, 3.63) is 57.0 Å². The first-order valence-corrected chi connectivity index (χ1v) is 11.8. The Hall–Kier alpha value is -3.51. The number of H-pyrrole nitrogens is 1. The third-order valence-electron chi connectivity index (χ3n) is 5.61. The third kappa shape index (κ3) is 5.29. The molecule has 1 aliphatic carbocycles. The Labute approximate surface area is 194 Å². The molecule has 1 N–H and O–H groups in total. The van der Waals surface area contributed by atoms with E-state index in [2.05, 4.69) is 9.97 Å². The molecule has 1 aliphatic rings. The lowest BCUT2D eigenvalue weighted by Gasteiger charge is -2.21. The second-order valence-corrected chi connectivity index (χ2v) is 8.94. The standard InChI is InChI=1S/C24H24N4O4S/c25-13-6-14-28(16-7-2-1-3-8-16)20(29)15-32-21(30)12-11-19-26-23(31)22-17-9-4-5-10-18(17)33-24(22)27-19/h1-3,7-8H,4-6,9-12,14-15H2,(H,26,27,31). The van der Waals surface area contributed by atoms with Crippen molar-refractivity contribution < 1.29 is 14.3 Å². The number of esters is 1. The molecule has 1 amide bonds. The van der Waals surface area contributed by atoms with Crippen molar-refractivity contribution in [1.82, 2.24) is 9.97 Å². The number of hydrogen-bond acceptors (Lipinski definition) is 7. The molecule has 0 fully saturated rings. The molecule has 8 nitrogen and oxygen atoms in total. The van der Waals surface area contributed by atoms with Crippen LogP contribution in [0.5, 0.6) is 0 Å². The predicted octanol–water partition coefficient (Wildman–Crippen LogP) is 3.29. The summed E-state index contributed by atoms with van der Waals surface area (Å²) in [7, 11) is 0. The summed E-state index contributed by atoms with van der Waals surface area (Å²) < 4.78 is 5.16. The Bertz CT molecular complexity index is 1260. The first-order valence-electron chi connectivity index (χ1n) is 11.0. The summed E-state index contributed by atoms with van der Waals surface area (Å²) >= 11 is 1.56. The number of amides is 1. The number of aromatic amines is 1. The van der Waals surface area contributed by atoms with Crippen LogP contribution in [0.4, 0.5) is 5.69 Å². The number of para-hydroxylation sites is 1. The minimum absolute atomic E-state index is 0.00362. The molecule has 0 aliphatic heterocycles. The van der Waals surface area contributed by atoms with Gasteiger partial charge < -0.3 is 14.6 Å². The van der Waals surface area contributed by atoms with Gasteiger partial charge in [-0.1, -0.05) is 18.2 Å². The van der Waals surface area contributed by atoms with Crippen LogP contribution in [-0.2, 0) is 33.6 Å². The summed E-state index contributed by atoms with van der Waals surface area (Å²) in [6.07, 6.45) is 4.50. The number of nitrogens with zero attached hydrogens (tertiary/aromatic N) is 3. The molecular formula is C24H24N4O4S. The predicted molar refractivity (Wildman–Crippen MR) is 125 cm³/mol. The molecule has 9 heteroatoms. The maximum absolute atomic E-state index is 12.6. The van der Waals surface area contributed by atoms with Gasteiger partial charge in [0, 0.05) is 23.5 Å². The summed E-state index contributed by atoms with van der Waals surface area (Å²) in [6.45, 7) is -0.202. The molecule has 33 heavy (non-hydrogen) atoms. The molecule has 170 valence electrons. The lowest BCUT2D eigenvalue weighted by atomic mass is 9.97. The number of anilines is 1. The van der Waals surface area contributed by atoms with Crippen molar-refractivity contribution in [3.63, 3.8) is 0 Å². The van der Waals surface area contributed by atoms with E-state index in [9.17, 15) is 14.4 Å². The van der Waals surface area contributed by atoms with E-state index >= 15 is 0 Å². The van der Waals surface area contributed by atoms with E-state index in [-0.39, 0.29) is 31.4 Å². The number of nitriles is 1. The first kappa shape index (κ1) is 22.7. The van der Waals surface area contributed by atoms with Crippen LogP contribution in [0.3, 0.4) is 0 Å². The van der Waals surface area contributed by atoms with Crippen molar-refractivity contribution in [2.24, 2.45) is 0 Å². The number of thiophene rings is 1. The van der Waals surface area contributed by atoms with Gasteiger partial charge in [0.05, 0.1) is 24.3 Å². The number of rotatable bonds is 8. The molecule has 0 radical (unpaired) electrons. The van der Waals surface area contributed by atoms with Gasteiger partial charge in [-0.15, -0.1) is 11.3 Å². The van der Waals surface area contributed by atoms with Crippen molar-refractivity contribution in [1.29, 1.82) is 5.26 Å². The molecule has 0 saturated carbocycles. The van der Waals surface area contributed by atoms with Crippen LogP contribution >= 0.6 is 11.3 Å². The van der Waals surface area contributed by atoms with E-state index in [1.54, 1.807) is 35.6 Å². The van der Waals surface area contributed by atoms with E-state index in [0.29, 0.717) is 16.9 Å². The van der Waals surface area contributed by atoms with E-state index < -0.39 is 18.5 Å². The quantitative estimate of drug-likeness (QED) is 0.512. The van der Waals surface area contributed by atoms with Gasteiger partial charge in [-0.25, -0.2) is 4.98 Å².